The summed E-state index contributed by atoms with van der Waals surface area (Å²) >= 11 is 0. The molecule has 3 aromatic rings. The van der Waals surface area contributed by atoms with Crippen molar-refractivity contribution in [3.63, 3.8) is 0 Å². The lowest BCUT2D eigenvalue weighted by molar-refractivity contribution is -0.111. The highest BCUT2D eigenvalue weighted by molar-refractivity contribution is 6.01. The molecule has 0 aliphatic carbocycles. The number of aryl methyl sites for hydroxylation is 2. The summed E-state index contributed by atoms with van der Waals surface area (Å²) in [7, 11) is 7.79. The third-order valence-electron chi connectivity index (χ3n) is 5.20. The van der Waals surface area contributed by atoms with Gasteiger partial charge in [-0.3, -0.25) is 9.48 Å². The normalized spacial score (nSPS) is 11.0. The Morgan fingerprint density at radius 1 is 1.19 bits per heavy atom. The van der Waals surface area contributed by atoms with Gasteiger partial charge in [-0.1, -0.05) is 6.58 Å². The molecule has 11 heteroatoms. The van der Waals surface area contributed by atoms with Crippen LogP contribution in [-0.4, -0.2) is 75.9 Å². The first-order valence-corrected chi connectivity index (χ1v) is 11.7. The summed E-state index contributed by atoms with van der Waals surface area (Å²) in [6.45, 7) is 10.9. The fourth-order valence-electron chi connectivity index (χ4n) is 3.37. The molecule has 36 heavy (non-hydrogen) atoms. The van der Waals surface area contributed by atoms with Crippen molar-refractivity contribution in [2.75, 3.05) is 49.8 Å². The number of nitrogens with one attached hydrogen (secondary N) is 2. The molecule has 0 unspecified atom stereocenters. The summed E-state index contributed by atoms with van der Waals surface area (Å²) < 4.78 is 7.77. The van der Waals surface area contributed by atoms with Crippen LogP contribution in [0.15, 0.2) is 37.3 Å². The number of anilines is 4. The zero-order chi connectivity index (χ0) is 26.4. The zero-order valence-electron chi connectivity index (χ0n) is 22.0. The van der Waals surface area contributed by atoms with Crippen molar-refractivity contribution >= 4 is 29.0 Å². The molecule has 3 rings (SSSR count). The molecular formula is C25H35N9O2. The lowest BCUT2D eigenvalue weighted by Gasteiger charge is -2.25. The standard InChI is InChI=1S/C25H35N9O2/c1-9-21(35)28-19-12-20(24(36-16(2)3)31-23(19)33(7)11-10-32(5)6)29-25-26-13-17(4)22(30-25)18-14-27-34(8)15-18/h9,12-16H,1,10-11H2,2-8H3,(H,28,35)(H,26,29,30). The Labute approximate surface area is 212 Å². The largest absolute Gasteiger partial charge is 0.473 e. The number of hydrogen-bond donors (Lipinski definition) is 2. The number of rotatable bonds is 11. The van der Waals surface area contributed by atoms with Crippen molar-refractivity contribution in [2.45, 2.75) is 26.9 Å². The molecule has 0 radical (unpaired) electrons. The van der Waals surface area contributed by atoms with E-state index in [1.165, 1.54) is 6.08 Å². The van der Waals surface area contributed by atoms with Gasteiger partial charge in [0.2, 0.25) is 17.7 Å². The Morgan fingerprint density at radius 3 is 2.56 bits per heavy atom. The average Bonchev–Trinajstić information content (AvgIpc) is 3.25. The van der Waals surface area contributed by atoms with Gasteiger partial charge in [0.25, 0.3) is 0 Å². The van der Waals surface area contributed by atoms with Gasteiger partial charge < -0.3 is 25.2 Å². The van der Waals surface area contributed by atoms with Crippen LogP contribution in [0.3, 0.4) is 0 Å². The maximum atomic E-state index is 12.2. The molecule has 3 aromatic heterocycles. The predicted octanol–water partition coefficient (Wildman–Crippen LogP) is 3.23. The number of ether oxygens (including phenoxy) is 1. The number of carbonyl (C=O) groups excluding carboxylic acids is 1. The SMILES string of the molecule is C=CC(=O)Nc1cc(Nc2ncc(C)c(-c3cnn(C)c3)n2)c(OC(C)C)nc1N(C)CCN(C)C. The van der Waals surface area contributed by atoms with E-state index in [4.69, 9.17) is 14.7 Å². The molecular weight excluding hydrogens is 458 g/mol. The van der Waals surface area contributed by atoms with Crippen LogP contribution in [0, 0.1) is 6.92 Å². The topological polar surface area (TPSA) is 113 Å². The lowest BCUT2D eigenvalue weighted by atomic mass is 10.1. The number of pyridine rings is 1. The Kier molecular flexibility index (Phi) is 8.59. The molecule has 0 bridgehead atoms. The van der Waals surface area contributed by atoms with Gasteiger partial charge in [-0.15, -0.1) is 0 Å². The molecule has 11 nitrogen and oxygen atoms in total. The van der Waals surface area contributed by atoms with Gasteiger partial charge in [0.1, 0.15) is 5.69 Å². The van der Waals surface area contributed by atoms with Crippen LogP contribution < -0.4 is 20.3 Å². The van der Waals surface area contributed by atoms with Gasteiger partial charge in [0.15, 0.2) is 5.82 Å². The summed E-state index contributed by atoms with van der Waals surface area (Å²) in [5.41, 5.74) is 3.60. The van der Waals surface area contributed by atoms with E-state index >= 15 is 0 Å². The fourth-order valence-corrected chi connectivity index (χ4v) is 3.37. The van der Waals surface area contributed by atoms with Crippen LogP contribution >= 0.6 is 0 Å². The molecule has 1 amide bonds. The first-order chi connectivity index (χ1) is 17.1. The summed E-state index contributed by atoms with van der Waals surface area (Å²) in [4.78, 5) is 30.2. The van der Waals surface area contributed by atoms with Crippen LogP contribution in [-0.2, 0) is 11.8 Å². The first kappa shape index (κ1) is 26.6. The van der Waals surface area contributed by atoms with E-state index in [1.54, 1.807) is 23.1 Å². The van der Waals surface area contributed by atoms with Crippen LogP contribution in [0.25, 0.3) is 11.3 Å². The quantitative estimate of drug-likeness (QED) is 0.389. The Bertz CT molecular complexity index is 1220. The third-order valence-corrected chi connectivity index (χ3v) is 5.20. The molecule has 0 fully saturated rings. The van der Waals surface area contributed by atoms with Gasteiger partial charge in [0, 0.05) is 45.1 Å². The summed E-state index contributed by atoms with van der Waals surface area (Å²) in [6, 6.07) is 1.78. The molecule has 0 atom stereocenters. The second kappa shape index (κ2) is 11.6. The number of carbonyl (C=O) groups is 1. The van der Waals surface area contributed by atoms with E-state index in [0.29, 0.717) is 35.6 Å². The lowest BCUT2D eigenvalue weighted by Crippen LogP contribution is -2.30. The van der Waals surface area contributed by atoms with Crippen LogP contribution in [0.5, 0.6) is 5.88 Å². The summed E-state index contributed by atoms with van der Waals surface area (Å²) in [5, 5.41) is 10.3. The highest BCUT2D eigenvalue weighted by atomic mass is 16.5. The predicted molar refractivity (Wildman–Crippen MR) is 143 cm³/mol. The van der Waals surface area contributed by atoms with Gasteiger partial charge in [-0.25, -0.2) is 9.97 Å². The number of aromatic nitrogens is 5. The maximum absolute atomic E-state index is 12.2. The van der Waals surface area contributed by atoms with E-state index in [-0.39, 0.29) is 12.0 Å². The van der Waals surface area contributed by atoms with E-state index < -0.39 is 0 Å². The van der Waals surface area contributed by atoms with Crippen molar-refractivity contribution in [3.8, 4) is 17.1 Å². The van der Waals surface area contributed by atoms with Crippen molar-refractivity contribution in [3.05, 3.63) is 42.9 Å². The Morgan fingerprint density at radius 2 is 1.94 bits per heavy atom. The molecule has 0 aromatic carbocycles. The molecule has 0 saturated heterocycles. The molecule has 0 spiro atoms. The van der Waals surface area contributed by atoms with Crippen LogP contribution in [0.1, 0.15) is 19.4 Å². The second-order valence-electron chi connectivity index (χ2n) is 9.05. The summed E-state index contributed by atoms with van der Waals surface area (Å²) in [5.74, 6) is 0.979. The molecule has 192 valence electrons. The second-order valence-corrected chi connectivity index (χ2v) is 9.05. The third kappa shape index (κ3) is 6.79. The minimum atomic E-state index is -0.340. The number of amides is 1. The number of hydrogen-bond acceptors (Lipinski definition) is 9. The molecule has 3 heterocycles. The Balaban J connectivity index is 2.05. The van der Waals surface area contributed by atoms with Gasteiger partial charge in [0.05, 0.1) is 23.7 Å². The van der Waals surface area contributed by atoms with Gasteiger partial charge >= 0.3 is 0 Å². The molecule has 2 N–H and O–H groups in total. The van der Waals surface area contributed by atoms with E-state index in [2.05, 4.69) is 32.2 Å². The fraction of sp³-hybridized carbons (Fsp3) is 0.400. The van der Waals surface area contributed by atoms with Crippen molar-refractivity contribution in [2.24, 2.45) is 7.05 Å². The molecule has 0 aliphatic rings. The highest BCUT2D eigenvalue weighted by Crippen LogP contribution is 2.35. The van der Waals surface area contributed by atoms with Crippen molar-refractivity contribution < 1.29 is 9.53 Å². The van der Waals surface area contributed by atoms with Gasteiger partial charge in [-0.05, 0) is 52.6 Å². The van der Waals surface area contributed by atoms with E-state index in [9.17, 15) is 4.79 Å². The highest BCUT2D eigenvalue weighted by Gasteiger charge is 2.20. The van der Waals surface area contributed by atoms with Crippen molar-refractivity contribution in [1.82, 2.24) is 29.6 Å². The van der Waals surface area contributed by atoms with E-state index in [0.717, 1.165) is 23.4 Å². The first-order valence-electron chi connectivity index (χ1n) is 11.7. The molecule has 0 aliphatic heterocycles. The molecule has 0 saturated carbocycles. The minimum Gasteiger partial charge on any atom is -0.473 e. The van der Waals surface area contributed by atoms with E-state index in [1.807, 2.05) is 60.1 Å². The zero-order valence-corrected chi connectivity index (χ0v) is 22.0. The summed E-state index contributed by atoms with van der Waals surface area (Å²) in [6.07, 6.45) is 6.50. The smallest absolute Gasteiger partial charge is 0.247 e. The monoisotopic (exact) mass is 493 g/mol. The number of likely N-dealkylation sites (N-methyl/N-ethyl adjacent to an activating group) is 2. The number of nitrogens with zero attached hydrogens (tertiary/aromatic N) is 7. The maximum Gasteiger partial charge on any atom is 0.247 e. The van der Waals surface area contributed by atoms with Crippen LogP contribution in [0.4, 0.5) is 23.1 Å². The average molecular weight is 494 g/mol. The minimum absolute atomic E-state index is 0.128. The van der Waals surface area contributed by atoms with Crippen LogP contribution in [0.2, 0.25) is 0 Å². The van der Waals surface area contributed by atoms with Gasteiger partial charge in [-0.2, -0.15) is 10.1 Å². The van der Waals surface area contributed by atoms with Crippen molar-refractivity contribution in [1.29, 1.82) is 0 Å². The Hall–Kier alpha value is -3.99.